The summed E-state index contributed by atoms with van der Waals surface area (Å²) in [5.74, 6) is 0.648. The van der Waals surface area contributed by atoms with E-state index < -0.39 is 17.6 Å². The highest BCUT2D eigenvalue weighted by Crippen LogP contribution is 2.28. The maximum atomic E-state index is 12.5. The molecule has 2 fully saturated rings. The van der Waals surface area contributed by atoms with Crippen molar-refractivity contribution in [3.8, 4) is 0 Å². The molecule has 0 spiro atoms. The molecule has 0 saturated carbocycles. The predicted octanol–water partition coefficient (Wildman–Crippen LogP) is 2.10. The van der Waals surface area contributed by atoms with E-state index in [1.807, 2.05) is 27.0 Å². The molecule has 0 aromatic rings. The molecule has 0 aromatic heterocycles. The van der Waals surface area contributed by atoms with Crippen LogP contribution >= 0.6 is 23.4 Å². The summed E-state index contributed by atoms with van der Waals surface area (Å²) < 4.78 is 5.83. The second-order valence-electron chi connectivity index (χ2n) is 7.86. The molecular formula is C19H37ClN2O4S. The summed E-state index contributed by atoms with van der Waals surface area (Å²) in [7, 11) is 0. The van der Waals surface area contributed by atoms with Gasteiger partial charge in [0.2, 0.25) is 5.91 Å². The van der Waals surface area contributed by atoms with Gasteiger partial charge in [0.1, 0.15) is 11.5 Å². The molecule has 2 aliphatic heterocycles. The minimum atomic E-state index is -0.880. The molecule has 2 heterocycles. The summed E-state index contributed by atoms with van der Waals surface area (Å²) in [6, 6.07) is -0.361. The molecule has 0 aliphatic carbocycles. The van der Waals surface area contributed by atoms with E-state index in [0.717, 1.165) is 25.8 Å². The van der Waals surface area contributed by atoms with E-state index in [9.17, 15) is 15.0 Å². The van der Waals surface area contributed by atoms with Crippen LogP contribution in [0.5, 0.6) is 0 Å². The first kappa shape index (κ1) is 25.0. The van der Waals surface area contributed by atoms with E-state index in [1.165, 1.54) is 11.8 Å². The van der Waals surface area contributed by atoms with Gasteiger partial charge in [-0.15, -0.1) is 23.4 Å². The summed E-state index contributed by atoms with van der Waals surface area (Å²) in [5, 5.41) is 26.5. The Morgan fingerprint density at radius 2 is 1.89 bits per heavy atom. The molecule has 27 heavy (non-hydrogen) atoms. The van der Waals surface area contributed by atoms with Crippen LogP contribution in [0.15, 0.2) is 0 Å². The van der Waals surface area contributed by atoms with Crippen LogP contribution in [0.3, 0.4) is 0 Å². The Labute approximate surface area is 173 Å². The third kappa shape index (κ3) is 8.88. The number of alkyl halides is 1. The number of aliphatic hydroxyl groups excluding tert-OH is 2. The zero-order chi connectivity index (χ0) is 20.6. The van der Waals surface area contributed by atoms with Crippen molar-refractivity contribution in [2.45, 2.75) is 94.6 Å². The number of hydrogen-bond acceptors (Lipinski definition) is 6. The van der Waals surface area contributed by atoms with Crippen LogP contribution in [0.25, 0.3) is 0 Å². The Balaban J connectivity index is 0.000000828. The Bertz CT molecular complexity index is 441. The van der Waals surface area contributed by atoms with Gasteiger partial charge in [-0.2, -0.15) is 0 Å². The third-order valence-electron chi connectivity index (χ3n) is 4.91. The van der Waals surface area contributed by atoms with Crippen molar-refractivity contribution in [1.82, 2.24) is 10.6 Å². The standard InChI is InChI=1S/C16H30N2O4S.C3H7Cl/c1-9-4-5-11(17-7-6-9)15(21)18-10(2)13-8-12(19)14(20)16(22-13)23-3;1-3(2)4/h9-14,16-17,19-20H,4-8H2,1-3H3,(H,18,21);3H,1-2H3. The second-order valence-corrected chi connectivity index (χ2v) is 9.67. The van der Waals surface area contributed by atoms with Crippen LogP contribution in [-0.4, -0.2) is 70.1 Å². The fourth-order valence-electron chi connectivity index (χ4n) is 3.23. The van der Waals surface area contributed by atoms with E-state index in [0.29, 0.717) is 17.7 Å². The number of thioether (sulfide) groups is 1. The van der Waals surface area contributed by atoms with Crippen molar-refractivity contribution in [1.29, 1.82) is 0 Å². The van der Waals surface area contributed by atoms with Crippen LogP contribution in [0.1, 0.15) is 53.4 Å². The number of carbonyl (C=O) groups is 1. The van der Waals surface area contributed by atoms with Gasteiger partial charge in [0.05, 0.1) is 24.3 Å². The van der Waals surface area contributed by atoms with E-state index in [1.54, 1.807) is 0 Å². The number of carbonyl (C=O) groups excluding carboxylic acids is 1. The maximum Gasteiger partial charge on any atom is 0.237 e. The fourth-order valence-corrected chi connectivity index (χ4v) is 3.94. The molecule has 2 aliphatic rings. The van der Waals surface area contributed by atoms with E-state index in [2.05, 4.69) is 17.6 Å². The Morgan fingerprint density at radius 1 is 1.26 bits per heavy atom. The predicted molar refractivity (Wildman–Crippen MR) is 112 cm³/mol. The van der Waals surface area contributed by atoms with Gasteiger partial charge in [0.15, 0.2) is 0 Å². The van der Waals surface area contributed by atoms with Gasteiger partial charge >= 0.3 is 0 Å². The van der Waals surface area contributed by atoms with Gasteiger partial charge in [-0.25, -0.2) is 0 Å². The second kappa shape index (κ2) is 12.5. The Hall–Kier alpha value is -0.0500. The van der Waals surface area contributed by atoms with Gasteiger partial charge in [-0.05, 0) is 58.8 Å². The summed E-state index contributed by atoms with van der Waals surface area (Å²) in [6.07, 6.45) is 3.18. The average molecular weight is 425 g/mol. The van der Waals surface area contributed by atoms with Crippen LogP contribution in [0.2, 0.25) is 0 Å². The monoisotopic (exact) mass is 424 g/mol. The smallest absolute Gasteiger partial charge is 0.237 e. The number of aliphatic hydroxyl groups is 2. The van der Waals surface area contributed by atoms with Gasteiger partial charge in [0.25, 0.3) is 0 Å². The van der Waals surface area contributed by atoms with Gasteiger partial charge in [0, 0.05) is 11.8 Å². The fraction of sp³-hybridized carbons (Fsp3) is 0.947. The highest BCUT2D eigenvalue weighted by molar-refractivity contribution is 7.99. The SMILES string of the molecule is CC(C)Cl.CSC1OC(C(C)NC(=O)C2CCC(C)CCN2)CC(O)C1O. The lowest BCUT2D eigenvalue weighted by Crippen LogP contribution is -2.55. The van der Waals surface area contributed by atoms with Crippen molar-refractivity contribution in [2.75, 3.05) is 12.8 Å². The molecule has 8 heteroatoms. The zero-order valence-corrected chi connectivity index (χ0v) is 18.7. The van der Waals surface area contributed by atoms with Crippen LogP contribution in [-0.2, 0) is 9.53 Å². The topological polar surface area (TPSA) is 90.8 Å². The number of ether oxygens (including phenoxy) is 1. The van der Waals surface area contributed by atoms with Gasteiger partial charge < -0.3 is 25.6 Å². The first-order chi connectivity index (χ1) is 12.6. The number of halogens is 1. The number of hydrogen-bond donors (Lipinski definition) is 4. The zero-order valence-electron chi connectivity index (χ0n) is 17.2. The van der Waals surface area contributed by atoms with Gasteiger partial charge in [-0.3, -0.25) is 4.79 Å². The molecule has 2 saturated heterocycles. The Kier molecular flexibility index (Phi) is 11.6. The lowest BCUT2D eigenvalue weighted by atomic mass is 9.98. The average Bonchev–Trinajstić information content (AvgIpc) is 2.81. The van der Waals surface area contributed by atoms with E-state index >= 15 is 0 Å². The molecule has 0 aromatic carbocycles. The molecule has 7 unspecified atom stereocenters. The van der Waals surface area contributed by atoms with E-state index in [4.69, 9.17) is 16.3 Å². The molecule has 1 amide bonds. The normalized spacial score (nSPS) is 35.6. The molecular weight excluding hydrogens is 388 g/mol. The first-order valence-electron chi connectivity index (χ1n) is 9.87. The molecule has 0 radical (unpaired) electrons. The first-order valence-corrected chi connectivity index (χ1v) is 11.6. The molecule has 6 nitrogen and oxygen atoms in total. The van der Waals surface area contributed by atoms with Crippen LogP contribution in [0, 0.1) is 5.92 Å². The number of amides is 1. The molecule has 160 valence electrons. The van der Waals surface area contributed by atoms with E-state index in [-0.39, 0.29) is 24.1 Å². The van der Waals surface area contributed by atoms with Crippen molar-refractivity contribution in [2.24, 2.45) is 5.92 Å². The molecule has 4 N–H and O–H groups in total. The number of rotatable bonds is 4. The summed E-state index contributed by atoms with van der Waals surface area (Å²) in [5.41, 5.74) is -0.458. The van der Waals surface area contributed by atoms with Gasteiger partial charge in [-0.1, -0.05) is 6.92 Å². The Morgan fingerprint density at radius 3 is 2.48 bits per heavy atom. The quantitative estimate of drug-likeness (QED) is 0.517. The third-order valence-corrected chi connectivity index (χ3v) is 5.76. The molecule has 0 bridgehead atoms. The minimum Gasteiger partial charge on any atom is -0.390 e. The van der Waals surface area contributed by atoms with Crippen LogP contribution in [0.4, 0.5) is 0 Å². The summed E-state index contributed by atoms with van der Waals surface area (Å²) in [6.45, 7) is 8.84. The molecule has 2 rings (SSSR count). The highest BCUT2D eigenvalue weighted by atomic mass is 35.5. The van der Waals surface area contributed by atoms with Crippen molar-refractivity contribution >= 4 is 29.3 Å². The summed E-state index contributed by atoms with van der Waals surface area (Å²) >= 11 is 6.65. The largest absolute Gasteiger partial charge is 0.390 e. The maximum absolute atomic E-state index is 12.5. The van der Waals surface area contributed by atoms with Crippen molar-refractivity contribution in [3.05, 3.63) is 0 Å². The van der Waals surface area contributed by atoms with Crippen molar-refractivity contribution in [3.63, 3.8) is 0 Å². The minimum absolute atomic E-state index is 0.00323. The number of nitrogens with one attached hydrogen (secondary N) is 2. The molecule has 7 atom stereocenters. The summed E-state index contributed by atoms with van der Waals surface area (Å²) in [4.78, 5) is 12.5. The van der Waals surface area contributed by atoms with Crippen LogP contribution < -0.4 is 10.6 Å². The van der Waals surface area contributed by atoms with Crippen molar-refractivity contribution < 1.29 is 19.7 Å². The lowest BCUT2D eigenvalue weighted by molar-refractivity contribution is -0.146. The highest BCUT2D eigenvalue weighted by Gasteiger charge is 2.39. The lowest BCUT2D eigenvalue weighted by Gasteiger charge is -2.39.